The van der Waals surface area contributed by atoms with E-state index in [0.29, 0.717) is 11.6 Å². The van der Waals surface area contributed by atoms with Gasteiger partial charge in [-0.2, -0.15) is 5.26 Å². The average molecular weight is 175 g/mol. The summed E-state index contributed by atoms with van der Waals surface area (Å²) in [4.78, 5) is 8.00. The molecular weight excluding hydrogens is 162 g/mol. The van der Waals surface area contributed by atoms with Crippen molar-refractivity contribution >= 4 is 0 Å². The summed E-state index contributed by atoms with van der Waals surface area (Å²) in [6, 6.07) is 3.79. The van der Waals surface area contributed by atoms with Gasteiger partial charge in [-0.1, -0.05) is 13.8 Å². The molecule has 13 heavy (non-hydrogen) atoms. The van der Waals surface area contributed by atoms with E-state index in [-0.39, 0.29) is 0 Å². The van der Waals surface area contributed by atoms with Crippen molar-refractivity contribution in [3.8, 4) is 6.07 Å². The molecule has 0 aliphatic rings. The van der Waals surface area contributed by atoms with Crippen molar-refractivity contribution < 1.29 is 0 Å². The molecule has 1 rings (SSSR count). The fourth-order valence-electron chi connectivity index (χ4n) is 1.36. The van der Waals surface area contributed by atoms with Crippen LogP contribution in [0.5, 0.6) is 0 Å². The van der Waals surface area contributed by atoms with Crippen LogP contribution >= 0.6 is 0 Å². The third-order valence-corrected chi connectivity index (χ3v) is 2.21. The van der Waals surface area contributed by atoms with Crippen LogP contribution in [0.2, 0.25) is 0 Å². The molecule has 68 valence electrons. The molecule has 0 bridgehead atoms. The van der Waals surface area contributed by atoms with E-state index in [1.54, 1.807) is 6.07 Å². The molecule has 1 aromatic rings. The zero-order valence-electron chi connectivity index (χ0n) is 7.99. The van der Waals surface area contributed by atoms with Crippen LogP contribution in [0.15, 0.2) is 12.4 Å². The molecule has 1 heterocycles. The maximum atomic E-state index is 8.65. The lowest BCUT2D eigenvalue weighted by Crippen LogP contribution is -2.00. The van der Waals surface area contributed by atoms with Crippen LogP contribution in [0.3, 0.4) is 0 Å². The summed E-state index contributed by atoms with van der Waals surface area (Å²) >= 11 is 0. The van der Waals surface area contributed by atoms with E-state index < -0.39 is 0 Å². The van der Waals surface area contributed by atoms with Crippen molar-refractivity contribution in [2.75, 3.05) is 0 Å². The topological polar surface area (TPSA) is 49.6 Å². The zero-order chi connectivity index (χ0) is 9.68. The minimum Gasteiger partial charge on any atom is -0.241 e. The molecule has 1 aromatic heterocycles. The first-order valence-corrected chi connectivity index (χ1v) is 4.53. The highest BCUT2D eigenvalue weighted by Gasteiger charge is 2.08. The lowest BCUT2D eigenvalue weighted by Gasteiger charge is -2.10. The maximum absolute atomic E-state index is 8.65. The third-order valence-electron chi connectivity index (χ3n) is 2.21. The van der Waals surface area contributed by atoms with Crippen molar-refractivity contribution in [3.63, 3.8) is 0 Å². The lowest BCUT2D eigenvalue weighted by atomic mass is 9.99. The summed E-state index contributed by atoms with van der Waals surface area (Å²) < 4.78 is 0. The fraction of sp³-hybridized carbons (Fsp3) is 0.500. The van der Waals surface area contributed by atoms with E-state index in [4.69, 9.17) is 5.26 Å². The molecule has 0 N–H and O–H groups in total. The standard InChI is InChI=1S/C10H13N3/c1-3-8(4-2)10-5-9(6-11)12-7-13-10/h5,7-8H,3-4H2,1-2H3. The van der Waals surface area contributed by atoms with Gasteiger partial charge < -0.3 is 0 Å². The molecule has 0 aliphatic heterocycles. The van der Waals surface area contributed by atoms with Gasteiger partial charge in [0.05, 0.1) is 0 Å². The molecule has 0 radical (unpaired) electrons. The Bertz CT molecular complexity index is 310. The van der Waals surface area contributed by atoms with Crippen LogP contribution in [-0.4, -0.2) is 9.97 Å². The molecule has 0 aromatic carbocycles. The Hall–Kier alpha value is -1.43. The van der Waals surface area contributed by atoms with Crippen LogP contribution in [0.4, 0.5) is 0 Å². The Labute approximate surface area is 78.5 Å². The van der Waals surface area contributed by atoms with Gasteiger partial charge in [0.1, 0.15) is 18.1 Å². The van der Waals surface area contributed by atoms with Crippen LogP contribution in [0.1, 0.15) is 44.0 Å². The average Bonchev–Trinajstić information content (AvgIpc) is 2.20. The summed E-state index contributed by atoms with van der Waals surface area (Å²) in [5.41, 5.74) is 1.44. The normalized spacial score (nSPS) is 10.0. The first-order chi connectivity index (χ1) is 6.31. The Balaban J connectivity index is 2.94. The molecule has 0 unspecified atom stereocenters. The van der Waals surface area contributed by atoms with E-state index in [0.717, 1.165) is 18.5 Å². The van der Waals surface area contributed by atoms with Crippen molar-refractivity contribution in [1.82, 2.24) is 9.97 Å². The van der Waals surface area contributed by atoms with E-state index in [1.807, 2.05) is 6.07 Å². The molecule has 3 nitrogen and oxygen atoms in total. The van der Waals surface area contributed by atoms with Crippen molar-refractivity contribution in [3.05, 3.63) is 23.8 Å². The van der Waals surface area contributed by atoms with Crippen LogP contribution < -0.4 is 0 Å². The lowest BCUT2D eigenvalue weighted by molar-refractivity contribution is 0.621. The minimum atomic E-state index is 0.454. The molecule has 0 spiro atoms. The summed E-state index contributed by atoms with van der Waals surface area (Å²) in [5.74, 6) is 0.454. The number of hydrogen-bond donors (Lipinski definition) is 0. The molecule has 0 aliphatic carbocycles. The Kier molecular flexibility index (Phi) is 3.39. The van der Waals surface area contributed by atoms with E-state index in [9.17, 15) is 0 Å². The number of nitrogens with zero attached hydrogens (tertiary/aromatic N) is 3. The number of rotatable bonds is 3. The van der Waals surface area contributed by atoms with E-state index >= 15 is 0 Å². The predicted octanol–water partition coefficient (Wildman–Crippen LogP) is 2.25. The Morgan fingerprint density at radius 2 is 2.08 bits per heavy atom. The van der Waals surface area contributed by atoms with Gasteiger partial charge in [-0.15, -0.1) is 0 Å². The number of hydrogen-bond acceptors (Lipinski definition) is 3. The van der Waals surface area contributed by atoms with E-state index in [2.05, 4.69) is 23.8 Å². The first kappa shape index (κ1) is 9.66. The van der Waals surface area contributed by atoms with Crippen LogP contribution in [0, 0.1) is 11.3 Å². The summed E-state index contributed by atoms with van der Waals surface area (Å²) in [5, 5.41) is 8.65. The second-order valence-corrected chi connectivity index (χ2v) is 2.95. The predicted molar refractivity (Wildman–Crippen MR) is 50.1 cm³/mol. The van der Waals surface area contributed by atoms with Crippen molar-refractivity contribution in [2.45, 2.75) is 32.6 Å². The van der Waals surface area contributed by atoms with Gasteiger partial charge in [-0.25, -0.2) is 9.97 Å². The molecule has 0 fully saturated rings. The van der Waals surface area contributed by atoms with Gasteiger partial charge in [0, 0.05) is 11.6 Å². The molecule has 0 saturated heterocycles. The SMILES string of the molecule is CCC(CC)c1cc(C#N)ncn1. The van der Waals surface area contributed by atoms with Gasteiger partial charge in [0.25, 0.3) is 0 Å². The minimum absolute atomic E-state index is 0.454. The quantitative estimate of drug-likeness (QED) is 0.708. The van der Waals surface area contributed by atoms with E-state index in [1.165, 1.54) is 6.33 Å². The van der Waals surface area contributed by atoms with Gasteiger partial charge in [-0.05, 0) is 18.9 Å². The first-order valence-electron chi connectivity index (χ1n) is 4.53. The van der Waals surface area contributed by atoms with Crippen molar-refractivity contribution in [1.29, 1.82) is 5.26 Å². The smallest absolute Gasteiger partial charge is 0.144 e. The summed E-state index contributed by atoms with van der Waals surface area (Å²) in [6.45, 7) is 4.25. The number of aromatic nitrogens is 2. The second-order valence-electron chi connectivity index (χ2n) is 2.95. The summed E-state index contributed by atoms with van der Waals surface area (Å²) in [7, 11) is 0. The highest BCUT2D eigenvalue weighted by atomic mass is 14.8. The summed E-state index contributed by atoms with van der Waals surface area (Å²) in [6.07, 6.45) is 3.57. The van der Waals surface area contributed by atoms with Gasteiger partial charge in [0.2, 0.25) is 0 Å². The highest BCUT2D eigenvalue weighted by molar-refractivity contribution is 5.22. The highest BCUT2D eigenvalue weighted by Crippen LogP contribution is 2.20. The van der Waals surface area contributed by atoms with Crippen LogP contribution in [0.25, 0.3) is 0 Å². The Morgan fingerprint density at radius 1 is 1.38 bits per heavy atom. The molecule has 3 heteroatoms. The van der Waals surface area contributed by atoms with Gasteiger partial charge >= 0.3 is 0 Å². The number of nitriles is 1. The Morgan fingerprint density at radius 3 is 2.62 bits per heavy atom. The molecule has 0 saturated carbocycles. The monoisotopic (exact) mass is 175 g/mol. The molecular formula is C10H13N3. The third kappa shape index (κ3) is 2.25. The van der Waals surface area contributed by atoms with Gasteiger partial charge in [0.15, 0.2) is 0 Å². The second kappa shape index (κ2) is 4.56. The maximum Gasteiger partial charge on any atom is 0.144 e. The molecule has 0 atom stereocenters. The fourth-order valence-corrected chi connectivity index (χ4v) is 1.36. The molecule has 0 amide bonds. The van der Waals surface area contributed by atoms with Gasteiger partial charge in [-0.3, -0.25) is 0 Å². The van der Waals surface area contributed by atoms with Crippen LogP contribution in [-0.2, 0) is 0 Å². The zero-order valence-corrected chi connectivity index (χ0v) is 7.99. The van der Waals surface area contributed by atoms with Crippen molar-refractivity contribution in [2.24, 2.45) is 0 Å². The largest absolute Gasteiger partial charge is 0.241 e.